The first-order valence-electron chi connectivity index (χ1n) is 5.03. The average molecular weight is 253 g/mol. The summed E-state index contributed by atoms with van der Waals surface area (Å²) in [7, 11) is 1.27. The summed E-state index contributed by atoms with van der Waals surface area (Å²) < 4.78 is 9.53. The Morgan fingerprint density at radius 1 is 1.50 bits per heavy atom. The summed E-state index contributed by atoms with van der Waals surface area (Å²) in [5.74, 6) is -0.820. The van der Waals surface area contributed by atoms with Gasteiger partial charge in [0.2, 0.25) is 0 Å². The molecule has 0 bridgehead atoms. The molecule has 0 aromatic heterocycles. The zero-order valence-corrected chi connectivity index (χ0v) is 9.84. The molecule has 7 heteroatoms. The van der Waals surface area contributed by atoms with Gasteiger partial charge in [0.05, 0.1) is 30.3 Å². The molecule has 0 fully saturated rings. The fourth-order valence-electron chi connectivity index (χ4n) is 1.38. The molecule has 0 saturated heterocycles. The highest BCUT2D eigenvalue weighted by Gasteiger charge is 2.24. The zero-order chi connectivity index (χ0) is 13.7. The van der Waals surface area contributed by atoms with Crippen LogP contribution in [0.3, 0.4) is 0 Å². The van der Waals surface area contributed by atoms with Gasteiger partial charge >= 0.3 is 5.97 Å². The quantitative estimate of drug-likeness (QED) is 0.342. The molecule has 0 atom stereocenters. The molecule has 0 heterocycles. The second kappa shape index (κ2) is 5.76. The van der Waals surface area contributed by atoms with E-state index in [1.54, 1.807) is 6.92 Å². The molecule has 0 aliphatic heterocycles. The summed E-state index contributed by atoms with van der Waals surface area (Å²) >= 11 is 0. The Labute approximate surface area is 102 Å². The first-order valence-corrected chi connectivity index (χ1v) is 5.03. The van der Waals surface area contributed by atoms with Crippen LogP contribution in [-0.4, -0.2) is 30.9 Å². The van der Waals surface area contributed by atoms with Crippen LogP contribution in [-0.2, 0) is 4.74 Å². The second-order valence-electron chi connectivity index (χ2n) is 3.21. The van der Waals surface area contributed by atoms with Crippen molar-refractivity contribution in [3.05, 3.63) is 33.4 Å². The maximum absolute atomic E-state index is 11.6. The fourth-order valence-corrected chi connectivity index (χ4v) is 1.38. The Hall–Kier alpha value is -2.44. The van der Waals surface area contributed by atoms with E-state index < -0.39 is 16.6 Å². The van der Waals surface area contributed by atoms with Crippen molar-refractivity contribution in [3.8, 4) is 5.75 Å². The third-order valence-electron chi connectivity index (χ3n) is 2.17. The van der Waals surface area contributed by atoms with Crippen LogP contribution < -0.4 is 4.74 Å². The van der Waals surface area contributed by atoms with Crippen LogP contribution in [0.15, 0.2) is 12.1 Å². The molecule has 0 unspecified atom stereocenters. The highest BCUT2D eigenvalue weighted by Crippen LogP contribution is 2.28. The molecule has 0 aliphatic carbocycles. The molecule has 0 spiro atoms. The van der Waals surface area contributed by atoms with Gasteiger partial charge in [0.25, 0.3) is 5.69 Å². The number of methoxy groups -OCH3 is 1. The van der Waals surface area contributed by atoms with Gasteiger partial charge in [-0.05, 0) is 13.0 Å². The number of nitro benzene ring substituents is 1. The van der Waals surface area contributed by atoms with E-state index in [2.05, 4.69) is 0 Å². The monoisotopic (exact) mass is 253 g/mol. The third-order valence-corrected chi connectivity index (χ3v) is 2.17. The fraction of sp³-hybridized carbons (Fsp3) is 0.273. The Kier molecular flexibility index (Phi) is 4.36. The minimum absolute atomic E-state index is 0.0322. The summed E-state index contributed by atoms with van der Waals surface area (Å²) in [4.78, 5) is 32.5. The molecule has 18 heavy (non-hydrogen) atoms. The maximum Gasteiger partial charge on any atom is 0.345 e. The van der Waals surface area contributed by atoms with Crippen LogP contribution in [0.25, 0.3) is 0 Å². The molecule has 1 rings (SSSR count). The topological polar surface area (TPSA) is 95.7 Å². The second-order valence-corrected chi connectivity index (χ2v) is 3.21. The molecular weight excluding hydrogens is 242 g/mol. The van der Waals surface area contributed by atoms with Crippen LogP contribution in [0.2, 0.25) is 0 Å². The van der Waals surface area contributed by atoms with Gasteiger partial charge < -0.3 is 9.47 Å². The lowest BCUT2D eigenvalue weighted by Gasteiger charge is -2.07. The van der Waals surface area contributed by atoms with Gasteiger partial charge in [-0.1, -0.05) is 0 Å². The van der Waals surface area contributed by atoms with Crippen molar-refractivity contribution in [3.63, 3.8) is 0 Å². The molecule has 0 amide bonds. The number of nitro groups is 1. The van der Waals surface area contributed by atoms with E-state index in [0.29, 0.717) is 6.29 Å². The van der Waals surface area contributed by atoms with E-state index in [0.717, 1.165) is 12.1 Å². The normalized spacial score (nSPS) is 9.67. The lowest BCUT2D eigenvalue weighted by Crippen LogP contribution is -2.09. The van der Waals surface area contributed by atoms with Crippen LogP contribution in [0.4, 0.5) is 5.69 Å². The summed E-state index contributed by atoms with van der Waals surface area (Å²) in [5.41, 5.74) is -0.688. The number of rotatable bonds is 5. The van der Waals surface area contributed by atoms with E-state index >= 15 is 0 Å². The molecule has 0 aliphatic rings. The van der Waals surface area contributed by atoms with Gasteiger partial charge in [-0.3, -0.25) is 14.9 Å². The summed E-state index contributed by atoms with van der Waals surface area (Å²) in [6.45, 7) is 1.66. The highest BCUT2D eigenvalue weighted by molar-refractivity contribution is 5.97. The SMILES string of the molecule is CCOC(=O)c1cc(C=O)c(OC)cc1[N+](=O)[O-]. The van der Waals surface area contributed by atoms with E-state index in [9.17, 15) is 19.7 Å². The third kappa shape index (κ3) is 2.62. The predicted octanol–water partition coefficient (Wildman–Crippen LogP) is 1.59. The van der Waals surface area contributed by atoms with Crippen LogP contribution in [0, 0.1) is 10.1 Å². The standard InChI is InChI=1S/C11H11NO6/c1-3-18-11(14)8-4-7(6-13)10(17-2)5-9(8)12(15)16/h4-6H,3H2,1-2H3. The van der Waals surface area contributed by atoms with Gasteiger partial charge in [0.1, 0.15) is 11.3 Å². The molecule has 96 valence electrons. The molecule has 0 radical (unpaired) electrons. The van der Waals surface area contributed by atoms with Crippen molar-refractivity contribution in [2.24, 2.45) is 0 Å². The van der Waals surface area contributed by atoms with Crippen molar-refractivity contribution in [1.29, 1.82) is 0 Å². The van der Waals surface area contributed by atoms with Crippen molar-refractivity contribution in [1.82, 2.24) is 0 Å². The number of hydrogen-bond donors (Lipinski definition) is 0. The van der Waals surface area contributed by atoms with Crippen LogP contribution >= 0.6 is 0 Å². The number of aldehydes is 1. The smallest absolute Gasteiger partial charge is 0.345 e. The number of benzene rings is 1. The van der Waals surface area contributed by atoms with Gasteiger partial charge in [0.15, 0.2) is 6.29 Å². The molecule has 0 N–H and O–H groups in total. The first-order chi connectivity index (χ1) is 8.54. The van der Waals surface area contributed by atoms with E-state index in [4.69, 9.17) is 9.47 Å². The Morgan fingerprint density at radius 3 is 2.61 bits per heavy atom. The van der Waals surface area contributed by atoms with Crippen molar-refractivity contribution < 1.29 is 24.0 Å². The van der Waals surface area contributed by atoms with Gasteiger partial charge in [-0.25, -0.2) is 4.79 Å². The minimum atomic E-state index is -0.852. The maximum atomic E-state index is 11.6. The summed E-state index contributed by atoms with van der Waals surface area (Å²) in [6.07, 6.45) is 0.450. The van der Waals surface area contributed by atoms with E-state index in [1.807, 2.05) is 0 Å². The lowest BCUT2D eigenvalue weighted by atomic mass is 10.1. The van der Waals surface area contributed by atoms with E-state index in [-0.39, 0.29) is 23.5 Å². The number of ether oxygens (including phenoxy) is 2. The Morgan fingerprint density at radius 2 is 2.17 bits per heavy atom. The van der Waals surface area contributed by atoms with E-state index in [1.165, 1.54) is 7.11 Å². The predicted molar refractivity (Wildman–Crippen MR) is 61.0 cm³/mol. The van der Waals surface area contributed by atoms with Crippen molar-refractivity contribution in [2.45, 2.75) is 6.92 Å². The average Bonchev–Trinajstić information content (AvgIpc) is 2.37. The largest absolute Gasteiger partial charge is 0.496 e. The first kappa shape index (κ1) is 13.6. The molecule has 7 nitrogen and oxygen atoms in total. The Balaban J connectivity index is 3.42. The minimum Gasteiger partial charge on any atom is -0.496 e. The Bertz CT molecular complexity index is 497. The lowest BCUT2D eigenvalue weighted by molar-refractivity contribution is -0.385. The number of nitrogens with zero attached hydrogens (tertiary/aromatic N) is 1. The van der Waals surface area contributed by atoms with Crippen molar-refractivity contribution >= 4 is 17.9 Å². The van der Waals surface area contributed by atoms with Crippen LogP contribution in [0.1, 0.15) is 27.6 Å². The highest BCUT2D eigenvalue weighted by atomic mass is 16.6. The zero-order valence-electron chi connectivity index (χ0n) is 9.84. The number of carbonyl (C=O) groups is 2. The number of hydrogen-bond acceptors (Lipinski definition) is 6. The van der Waals surface area contributed by atoms with Gasteiger partial charge in [-0.2, -0.15) is 0 Å². The summed E-state index contributed by atoms with van der Waals surface area (Å²) in [5, 5.41) is 10.9. The van der Waals surface area contributed by atoms with Gasteiger partial charge in [-0.15, -0.1) is 0 Å². The van der Waals surface area contributed by atoms with Crippen molar-refractivity contribution in [2.75, 3.05) is 13.7 Å². The van der Waals surface area contributed by atoms with Crippen LogP contribution in [0.5, 0.6) is 5.75 Å². The molecule has 0 saturated carbocycles. The number of esters is 1. The van der Waals surface area contributed by atoms with Gasteiger partial charge in [0, 0.05) is 0 Å². The molecule has 1 aromatic rings. The molecule has 1 aromatic carbocycles. The summed E-state index contributed by atoms with van der Waals surface area (Å²) in [6, 6.07) is 2.11. The molecular formula is C11H11NO6. The number of carbonyl (C=O) groups excluding carboxylic acids is 2.